The number of carbonyl (C=O) groups is 1. The van der Waals surface area contributed by atoms with Crippen LogP contribution in [0.2, 0.25) is 0 Å². The lowest BCUT2D eigenvalue weighted by Crippen LogP contribution is -2.05. The predicted molar refractivity (Wildman–Crippen MR) is 57.9 cm³/mol. The maximum Gasteiger partial charge on any atom is 0.341 e. The summed E-state index contributed by atoms with van der Waals surface area (Å²) in [5, 5.41) is 6.96. The van der Waals surface area contributed by atoms with Gasteiger partial charge in [0.25, 0.3) is 0 Å². The minimum atomic E-state index is -0.298. The van der Waals surface area contributed by atoms with E-state index in [2.05, 4.69) is 17.1 Å². The van der Waals surface area contributed by atoms with Crippen LogP contribution in [0.3, 0.4) is 0 Å². The molecule has 0 aliphatic rings. The molecule has 0 atom stereocenters. The first-order valence-electron chi connectivity index (χ1n) is 5.32. The van der Waals surface area contributed by atoms with Gasteiger partial charge < -0.3 is 4.74 Å². The van der Waals surface area contributed by atoms with E-state index in [9.17, 15) is 4.79 Å². The van der Waals surface area contributed by atoms with Crippen molar-refractivity contribution in [1.29, 1.82) is 0 Å². The van der Waals surface area contributed by atoms with Gasteiger partial charge in [-0.3, -0.25) is 5.10 Å². The third kappa shape index (κ3) is 2.81. The van der Waals surface area contributed by atoms with Crippen LogP contribution in [0.15, 0.2) is 0 Å². The summed E-state index contributed by atoms with van der Waals surface area (Å²) in [5.41, 5.74) is 2.22. The van der Waals surface area contributed by atoms with Crippen LogP contribution in [0.5, 0.6) is 0 Å². The molecule has 4 heteroatoms. The lowest BCUT2D eigenvalue weighted by molar-refractivity contribution is 0.0598. The number of methoxy groups -OCH3 is 1. The van der Waals surface area contributed by atoms with Crippen LogP contribution in [0.4, 0.5) is 0 Å². The van der Waals surface area contributed by atoms with Gasteiger partial charge in [-0.25, -0.2) is 4.79 Å². The summed E-state index contributed by atoms with van der Waals surface area (Å²) in [6.45, 7) is 3.99. The average molecular weight is 210 g/mol. The highest BCUT2D eigenvalue weighted by Gasteiger charge is 2.17. The number of rotatable bonds is 5. The first-order chi connectivity index (χ1) is 7.20. The second-order valence-electron chi connectivity index (χ2n) is 3.62. The van der Waals surface area contributed by atoms with E-state index in [1.807, 2.05) is 6.92 Å². The van der Waals surface area contributed by atoms with Gasteiger partial charge in [-0.2, -0.15) is 5.10 Å². The van der Waals surface area contributed by atoms with Gasteiger partial charge >= 0.3 is 5.97 Å². The first-order valence-corrected chi connectivity index (χ1v) is 5.32. The number of nitrogens with one attached hydrogen (secondary N) is 1. The highest BCUT2D eigenvalue weighted by atomic mass is 16.5. The fourth-order valence-corrected chi connectivity index (χ4v) is 1.58. The van der Waals surface area contributed by atoms with Crippen LogP contribution < -0.4 is 0 Å². The van der Waals surface area contributed by atoms with Crippen molar-refractivity contribution in [3.63, 3.8) is 0 Å². The molecule has 1 aromatic heterocycles. The van der Waals surface area contributed by atoms with E-state index in [1.54, 1.807) is 0 Å². The molecule has 84 valence electrons. The van der Waals surface area contributed by atoms with Gasteiger partial charge in [0.1, 0.15) is 5.56 Å². The molecule has 0 fully saturated rings. The summed E-state index contributed by atoms with van der Waals surface area (Å²) in [6, 6.07) is 0. The van der Waals surface area contributed by atoms with Gasteiger partial charge in [0.05, 0.1) is 12.8 Å². The van der Waals surface area contributed by atoms with Crippen LogP contribution >= 0.6 is 0 Å². The van der Waals surface area contributed by atoms with Gasteiger partial charge in [0, 0.05) is 5.69 Å². The summed E-state index contributed by atoms with van der Waals surface area (Å²) < 4.78 is 4.72. The van der Waals surface area contributed by atoms with E-state index in [4.69, 9.17) is 4.74 Å². The monoisotopic (exact) mass is 210 g/mol. The van der Waals surface area contributed by atoms with E-state index in [1.165, 1.54) is 7.11 Å². The second-order valence-corrected chi connectivity index (χ2v) is 3.62. The van der Waals surface area contributed by atoms with Crippen molar-refractivity contribution >= 4 is 5.97 Å². The number of aromatic amines is 1. The Morgan fingerprint density at radius 2 is 2.20 bits per heavy atom. The number of esters is 1. The number of aryl methyl sites for hydroxylation is 2. The highest BCUT2D eigenvalue weighted by Crippen LogP contribution is 2.14. The summed E-state index contributed by atoms with van der Waals surface area (Å²) in [5.74, 6) is -0.298. The van der Waals surface area contributed by atoms with Gasteiger partial charge in [-0.15, -0.1) is 0 Å². The Kier molecular flexibility index (Phi) is 4.34. The van der Waals surface area contributed by atoms with E-state index in [0.717, 1.165) is 37.1 Å². The minimum Gasteiger partial charge on any atom is -0.465 e. The minimum absolute atomic E-state index is 0.298. The van der Waals surface area contributed by atoms with E-state index in [0.29, 0.717) is 5.56 Å². The quantitative estimate of drug-likeness (QED) is 0.599. The van der Waals surface area contributed by atoms with Gasteiger partial charge in [0.15, 0.2) is 0 Å². The Hall–Kier alpha value is -1.32. The molecule has 0 aromatic carbocycles. The number of hydrogen-bond donors (Lipinski definition) is 1. The Morgan fingerprint density at radius 3 is 2.80 bits per heavy atom. The molecule has 0 aliphatic heterocycles. The molecule has 1 rings (SSSR count). The average Bonchev–Trinajstić information content (AvgIpc) is 2.59. The molecule has 0 saturated carbocycles. The molecule has 0 bridgehead atoms. The van der Waals surface area contributed by atoms with Crippen LogP contribution in [0.1, 0.15) is 47.9 Å². The maximum atomic E-state index is 11.5. The molecular weight excluding hydrogens is 192 g/mol. The normalized spacial score (nSPS) is 10.3. The molecule has 4 nitrogen and oxygen atoms in total. The fourth-order valence-electron chi connectivity index (χ4n) is 1.58. The molecule has 1 N–H and O–H groups in total. The number of nitrogens with zero attached hydrogens (tertiary/aromatic N) is 1. The van der Waals surface area contributed by atoms with Crippen molar-refractivity contribution in [2.45, 2.75) is 39.5 Å². The molecule has 0 radical (unpaired) electrons. The zero-order valence-corrected chi connectivity index (χ0v) is 9.59. The Bertz CT molecular complexity index is 331. The lowest BCUT2D eigenvalue weighted by Gasteiger charge is -2.01. The molecule has 0 unspecified atom stereocenters. The third-order valence-electron chi connectivity index (χ3n) is 2.43. The molecule has 0 saturated heterocycles. The largest absolute Gasteiger partial charge is 0.465 e. The number of aromatic nitrogens is 2. The summed E-state index contributed by atoms with van der Waals surface area (Å²) in [6.07, 6.45) is 4.22. The summed E-state index contributed by atoms with van der Waals surface area (Å²) >= 11 is 0. The predicted octanol–water partition coefficient (Wildman–Crippen LogP) is 2.24. The molecular formula is C11H18N2O2. The van der Waals surface area contributed by atoms with Crippen molar-refractivity contribution in [2.75, 3.05) is 7.11 Å². The van der Waals surface area contributed by atoms with Gasteiger partial charge in [0.2, 0.25) is 0 Å². The standard InChI is InChI=1S/C11H18N2O2/c1-4-5-6-7-9-10(11(14)15-3)8(2)12-13-9/h4-7H2,1-3H3,(H,12,13). The zero-order valence-electron chi connectivity index (χ0n) is 9.59. The van der Waals surface area contributed by atoms with Crippen LogP contribution in [-0.2, 0) is 11.2 Å². The Morgan fingerprint density at radius 1 is 1.47 bits per heavy atom. The third-order valence-corrected chi connectivity index (χ3v) is 2.43. The van der Waals surface area contributed by atoms with E-state index < -0.39 is 0 Å². The molecule has 0 amide bonds. The van der Waals surface area contributed by atoms with Crippen molar-refractivity contribution < 1.29 is 9.53 Å². The lowest BCUT2D eigenvalue weighted by atomic mass is 10.1. The van der Waals surface area contributed by atoms with Crippen molar-refractivity contribution in [3.05, 3.63) is 17.0 Å². The van der Waals surface area contributed by atoms with Crippen LogP contribution in [-0.4, -0.2) is 23.3 Å². The topological polar surface area (TPSA) is 55.0 Å². The SMILES string of the molecule is CCCCCc1n[nH]c(C)c1C(=O)OC. The summed E-state index contributed by atoms with van der Waals surface area (Å²) in [7, 11) is 1.39. The molecule has 0 aliphatic carbocycles. The van der Waals surface area contributed by atoms with Crippen molar-refractivity contribution in [3.8, 4) is 0 Å². The number of carbonyl (C=O) groups excluding carboxylic acids is 1. The van der Waals surface area contributed by atoms with Gasteiger partial charge in [-0.05, 0) is 19.8 Å². The fraction of sp³-hybridized carbons (Fsp3) is 0.636. The van der Waals surface area contributed by atoms with E-state index in [-0.39, 0.29) is 5.97 Å². The number of H-pyrrole nitrogens is 1. The molecule has 1 aromatic rings. The van der Waals surface area contributed by atoms with Crippen LogP contribution in [0, 0.1) is 6.92 Å². The van der Waals surface area contributed by atoms with Crippen LogP contribution in [0.25, 0.3) is 0 Å². The second kappa shape index (κ2) is 5.53. The Labute approximate surface area is 90.0 Å². The number of unbranched alkanes of at least 4 members (excludes halogenated alkanes) is 2. The number of hydrogen-bond acceptors (Lipinski definition) is 3. The van der Waals surface area contributed by atoms with Crippen molar-refractivity contribution in [1.82, 2.24) is 10.2 Å². The zero-order chi connectivity index (χ0) is 11.3. The van der Waals surface area contributed by atoms with Crippen molar-refractivity contribution in [2.24, 2.45) is 0 Å². The van der Waals surface area contributed by atoms with Gasteiger partial charge in [-0.1, -0.05) is 19.8 Å². The smallest absolute Gasteiger partial charge is 0.341 e. The maximum absolute atomic E-state index is 11.5. The van der Waals surface area contributed by atoms with E-state index >= 15 is 0 Å². The molecule has 15 heavy (non-hydrogen) atoms. The summed E-state index contributed by atoms with van der Waals surface area (Å²) in [4.78, 5) is 11.5. The molecule has 1 heterocycles. The highest BCUT2D eigenvalue weighted by molar-refractivity contribution is 5.91. The molecule has 0 spiro atoms. The Balaban J connectivity index is 2.75. The number of ether oxygens (including phenoxy) is 1. The first kappa shape index (κ1) is 11.8.